The van der Waals surface area contributed by atoms with Gasteiger partial charge in [0.15, 0.2) is 0 Å². The van der Waals surface area contributed by atoms with Crippen molar-refractivity contribution < 1.29 is 13.7 Å². The van der Waals surface area contributed by atoms with Crippen LogP contribution in [0.5, 0.6) is 0 Å². The topological polar surface area (TPSA) is 43.1 Å². The highest BCUT2D eigenvalue weighted by molar-refractivity contribution is 5.33. The molecule has 0 amide bonds. The first-order valence-electron chi connectivity index (χ1n) is 3.14. The molecule has 0 aliphatic rings. The molecule has 0 spiro atoms. The zero-order valence-corrected chi connectivity index (χ0v) is 5.91. The van der Waals surface area contributed by atoms with Crippen molar-refractivity contribution in [2.75, 3.05) is 0 Å². The number of hydrogen-bond acceptors (Lipinski definition) is 2. The Morgan fingerprint density at radius 3 is 2.08 bits per heavy atom. The molecule has 0 fully saturated rings. The van der Waals surface area contributed by atoms with E-state index in [-0.39, 0.29) is 11.3 Å². The van der Waals surface area contributed by atoms with Gasteiger partial charge in [0.05, 0.1) is 4.92 Å². The van der Waals surface area contributed by atoms with Crippen molar-refractivity contribution in [3.05, 3.63) is 39.9 Å². The van der Waals surface area contributed by atoms with Crippen LogP contribution in [0.3, 0.4) is 0 Å². The Bertz CT molecular complexity index is 284. The molecule has 0 N–H and O–H groups in total. The third-order valence-electron chi connectivity index (χ3n) is 1.36. The number of nitro groups is 1. The van der Waals surface area contributed by atoms with Crippen molar-refractivity contribution in [1.82, 2.24) is 0 Å². The zero-order valence-electron chi connectivity index (χ0n) is 5.91. The summed E-state index contributed by atoms with van der Waals surface area (Å²) in [7, 11) is 0. The van der Waals surface area contributed by atoms with Gasteiger partial charge in [-0.3, -0.25) is 10.1 Å². The maximum atomic E-state index is 11.9. The largest absolute Gasteiger partial charge is 0.269 e. The summed E-state index contributed by atoms with van der Waals surface area (Å²) in [5.41, 5.74) is -0.389. The summed E-state index contributed by atoms with van der Waals surface area (Å²) >= 11 is 0. The van der Waals surface area contributed by atoms with Gasteiger partial charge in [0, 0.05) is 17.7 Å². The number of non-ortho nitro benzene ring substituents is 1. The first-order chi connectivity index (χ1) is 5.61. The molecule has 0 aliphatic heterocycles. The predicted molar refractivity (Wildman–Crippen MR) is 38.1 cm³/mol. The Hall–Kier alpha value is -1.52. The maximum Gasteiger partial charge on any atom is 0.269 e. The number of rotatable bonds is 2. The molecule has 0 heterocycles. The lowest BCUT2D eigenvalue weighted by atomic mass is 10.2. The average molecular weight is 173 g/mol. The lowest BCUT2D eigenvalue weighted by molar-refractivity contribution is -0.384. The van der Waals surface area contributed by atoms with E-state index in [2.05, 4.69) is 0 Å². The molecule has 12 heavy (non-hydrogen) atoms. The van der Waals surface area contributed by atoms with Gasteiger partial charge < -0.3 is 0 Å². The number of hydrogen-bond donors (Lipinski definition) is 0. The van der Waals surface area contributed by atoms with Crippen LogP contribution in [0, 0.1) is 10.1 Å². The highest BCUT2D eigenvalue weighted by atomic mass is 19.3. The lowest BCUT2D eigenvalue weighted by Crippen LogP contribution is -1.88. The van der Waals surface area contributed by atoms with E-state index in [9.17, 15) is 18.9 Å². The van der Waals surface area contributed by atoms with E-state index in [1.165, 1.54) is 0 Å². The van der Waals surface area contributed by atoms with Crippen LogP contribution in [0.4, 0.5) is 14.5 Å². The molecule has 0 saturated heterocycles. The van der Waals surface area contributed by atoms with Crippen LogP contribution in [0.25, 0.3) is 0 Å². The standard InChI is InChI=1S/C7H5F2NO2/c8-7(9)5-1-3-6(4-2-5)10(11)12/h1-4,7H. The number of nitrogens with zero attached hydrogens (tertiary/aromatic N) is 1. The fourth-order valence-electron chi connectivity index (χ4n) is 0.742. The average Bonchev–Trinajstić information content (AvgIpc) is 2.04. The Labute approximate surface area is 66.8 Å². The van der Waals surface area contributed by atoms with Crippen molar-refractivity contribution in [3.8, 4) is 0 Å². The van der Waals surface area contributed by atoms with Crippen molar-refractivity contribution in [2.45, 2.75) is 6.43 Å². The minimum atomic E-state index is -2.58. The van der Waals surface area contributed by atoms with Crippen molar-refractivity contribution in [3.63, 3.8) is 0 Å². The van der Waals surface area contributed by atoms with Gasteiger partial charge in [0.25, 0.3) is 12.1 Å². The molecule has 0 aromatic heterocycles. The van der Waals surface area contributed by atoms with E-state index >= 15 is 0 Å². The predicted octanol–water partition coefficient (Wildman–Crippen LogP) is 2.53. The van der Waals surface area contributed by atoms with Crippen LogP contribution < -0.4 is 0 Å². The maximum absolute atomic E-state index is 11.9. The van der Waals surface area contributed by atoms with Crippen LogP contribution in [0.15, 0.2) is 24.3 Å². The van der Waals surface area contributed by atoms with Gasteiger partial charge >= 0.3 is 0 Å². The van der Waals surface area contributed by atoms with E-state index in [0.29, 0.717) is 0 Å². The molecule has 5 heteroatoms. The van der Waals surface area contributed by atoms with Crippen LogP contribution in [-0.2, 0) is 0 Å². The number of nitro benzene ring substituents is 1. The van der Waals surface area contributed by atoms with E-state index in [0.717, 1.165) is 24.3 Å². The molecule has 1 aromatic rings. The highest BCUT2D eigenvalue weighted by Gasteiger charge is 2.09. The van der Waals surface area contributed by atoms with Gasteiger partial charge in [-0.05, 0) is 12.1 Å². The second-order valence-corrected chi connectivity index (χ2v) is 2.15. The smallest absolute Gasteiger partial charge is 0.258 e. The first kappa shape index (κ1) is 8.58. The summed E-state index contributed by atoms with van der Waals surface area (Å²) in [4.78, 5) is 9.47. The molecule has 0 atom stereocenters. The summed E-state index contributed by atoms with van der Waals surface area (Å²) < 4.78 is 23.9. The Morgan fingerprint density at radius 1 is 1.25 bits per heavy atom. The second kappa shape index (κ2) is 3.25. The first-order valence-corrected chi connectivity index (χ1v) is 3.14. The summed E-state index contributed by atoms with van der Waals surface area (Å²) in [5.74, 6) is 0. The van der Waals surface area contributed by atoms with Gasteiger partial charge in [-0.25, -0.2) is 8.78 Å². The van der Waals surface area contributed by atoms with Gasteiger partial charge in [0.2, 0.25) is 0 Å². The number of alkyl halides is 2. The van der Waals surface area contributed by atoms with E-state index in [4.69, 9.17) is 0 Å². The quantitative estimate of drug-likeness (QED) is 0.509. The Morgan fingerprint density at radius 2 is 1.75 bits per heavy atom. The van der Waals surface area contributed by atoms with Gasteiger partial charge in [-0.15, -0.1) is 0 Å². The summed E-state index contributed by atoms with van der Waals surface area (Å²) in [6.07, 6.45) is -2.58. The molecule has 0 saturated carbocycles. The number of halogens is 2. The highest BCUT2D eigenvalue weighted by Crippen LogP contribution is 2.20. The van der Waals surface area contributed by atoms with E-state index in [1.54, 1.807) is 0 Å². The molecule has 0 radical (unpaired) electrons. The molecule has 1 aromatic carbocycles. The fourth-order valence-corrected chi connectivity index (χ4v) is 0.742. The SMILES string of the molecule is O=[N+]([O-])c1ccc(C(F)F)cc1. The van der Waals surface area contributed by atoms with Gasteiger partial charge in [-0.1, -0.05) is 0 Å². The van der Waals surface area contributed by atoms with Gasteiger partial charge in [-0.2, -0.15) is 0 Å². The van der Waals surface area contributed by atoms with E-state index < -0.39 is 11.3 Å². The minimum absolute atomic E-state index is 0.181. The molecule has 0 unspecified atom stereocenters. The summed E-state index contributed by atoms with van der Waals surface area (Å²) in [6, 6.07) is 4.20. The summed E-state index contributed by atoms with van der Waals surface area (Å²) in [6.45, 7) is 0. The lowest BCUT2D eigenvalue weighted by Gasteiger charge is -1.96. The molecule has 0 bridgehead atoms. The van der Waals surface area contributed by atoms with Crippen molar-refractivity contribution in [2.24, 2.45) is 0 Å². The zero-order chi connectivity index (χ0) is 9.14. The van der Waals surface area contributed by atoms with E-state index in [1.807, 2.05) is 0 Å². The van der Waals surface area contributed by atoms with Crippen LogP contribution in [-0.4, -0.2) is 4.92 Å². The Balaban J connectivity index is 2.93. The van der Waals surface area contributed by atoms with Crippen LogP contribution in [0.1, 0.15) is 12.0 Å². The van der Waals surface area contributed by atoms with Gasteiger partial charge in [0.1, 0.15) is 0 Å². The van der Waals surface area contributed by atoms with Crippen LogP contribution in [0.2, 0.25) is 0 Å². The monoisotopic (exact) mass is 173 g/mol. The second-order valence-electron chi connectivity index (χ2n) is 2.15. The minimum Gasteiger partial charge on any atom is -0.258 e. The van der Waals surface area contributed by atoms with Crippen molar-refractivity contribution >= 4 is 5.69 Å². The van der Waals surface area contributed by atoms with Crippen LogP contribution >= 0.6 is 0 Å². The fraction of sp³-hybridized carbons (Fsp3) is 0.143. The number of benzene rings is 1. The van der Waals surface area contributed by atoms with Crippen molar-refractivity contribution in [1.29, 1.82) is 0 Å². The third kappa shape index (κ3) is 1.75. The Kier molecular flexibility index (Phi) is 2.32. The summed E-state index contributed by atoms with van der Waals surface area (Å²) in [5, 5.41) is 10.1. The molecule has 1 rings (SSSR count). The third-order valence-corrected chi connectivity index (χ3v) is 1.36. The molecular formula is C7H5F2NO2. The molecule has 64 valence electrons. The molecule has 3 nitrogen and oxygen atoms in total. The normalized spacial score (nSPS) is 10.2. The molecule has 0 aliphatic carbocycles. The molecular weight excluding hydrogens is 168 g/mol.